The molecule has 0 radical (unpaired) electrons. The molecule has 0 amide bonds. The Bertz CT molecular complexity index is 1340. The van der Waals surface area contributed by atoms with E-state index in [0.29, 0.717) is 25.5 Å². The highest BCUT2D eigenvalue weighted by Crippen LogP contribution is 2.38. The van der Waals surface area contributed by atoms with Gasteiger partial charge in [-0.1, -0.05) is 36.4 Å². The van der Waals surface area contributed by atoms with Crippen molar-refractivity contribution in [1.82, 2.24) is 0 Å². The minimum atomic E-state index is -0.258. The number of hydrogen-bond donors (Lipinski definition) is 1. The molecule has 1 aliphatic rings. The smallest absolute Gasteiger partial charge is 0.310 e. The third-order valence-corrected chi connectivity index (χ3v) is 6.53. The molecule has 0 saturated heterocycles. The molecule has 35 heavy (non-hydrogen) atoms. The van der Waals surface area contributed by atoms with Crippen molar-refractivity contribution in [2.75, 3.05) is 6.61 Å². The van der Waals surface area contributed by atoms with Crippen LogP contribution in [-0.2, 0) is 35.5 Å². The van der Waals surface area contributed by atoms with Gasteiger partial charge in [0.15, 0.2) is 0 Å². The lowest BCUT2D eigenvalue weighted by molar-refractivity contribution is -0.142. The average molecular weight is 470 g/mol. The lowest BCUT2D eigenvalue weighted by Crippen LogP contribution is -2.09. The van der Waals surface area contributed by atoms with Crippen LogP contribution in [0.1, 0.15) is 42.0 Å². The van der Waals surface area contributed by atoms with Gasteiger partial charge in [-0.05, 0) is 78.6 Å². The third-order valence-electron chi connectivity index (χ3n) is 6.53. The number of rotatable bonds is 10. The molecule has 5 nitrogen and oxygen atoms in total. The van der Waals surface area contributed by atoms with E-state index in [9.17, 15) is 4.79 Å². The molecule has 2 N–H and O–H groups in total. The van der Waals surface area contributed by atoms with Gasteiger partial charge in [-0.3, -0.25) is 4.79 Å². The van der Waals surface area contributed by atoms with Crippen LogP contribution in [0, 0.1) is 5.92 Å². The fraction of sp³-hybridized carbons (Fsp3) is 0.300. The van der Waals surface area contributed by atoms with Gasteiger partial charge in [0.2, 0.25) is 0 Å². The Labute approximate surface area is 205 Å². The molecular formula is C30H31NO4. The summed E-state index contributed by atoms with van der Waals surface area (Å²) in [5, 5.41) is 1.07. The quantitative estimate of drug-likeness (QED) is 0.280. The van der Waals surface area contributed by atoms with Crippen LogP contribution in [-0.4, -0.2) is 12.6 Å². The van der Waals surface area contributed by atoms with E-state index in [4.69, 9.17) is 19.6 Å². The summed E-state index contributed by atoms with van der Waals surface area (Å²) in [5.41, 5.74) is 13.3. The van der Waals surface area contributed by atoms with Crippen molar-refractivity contribution in [3.05, 3.63) is 89.2 Å². The maximum absolute atomic E-state index is 12.0. The molecule has 0 aliphatic heterocycles. The van der Waals surface area contributed by atoms with Crippen LogP contribution >= 0.6 is 0 Å². The molecule has 5 rings (SSSR count). The maximum atomic E-state index is 12.0. The predicted molar refractivity (Wildman–Crippen MR) is 137 cm³/mol. The molecule has 1 aromatic heterocycles. The maximum Gasteiger partial charge on any atom is 0.310 e. The monoisotopic (exact) mass is 469 g/mol. The second-order valence-electron chi connectivity index (χ2n) is 9.20. The zero-order valence-electron chi connectivity index (χ0n) is 20.1. The Kier molecular flexibility index (Phi) is 6.87. The minimum absolute atomic E-state index is 0.184. The molecule has 0 unspecified atom stereocenters. The number of hydrogen-bond acceptors (Lipinski definition) is 5. The molecule has 4 aromatic rings. The highest BCUT2D eigenvalue weighted by molar-refractivity contribution is 5.89. The summed E-state index contributed by atoms with van der Waals surface area (Å²) in [6.45, 7) is 3.04. The third kappa shape index (κ3) is 5.41. The molecule has 0 spiro atoms. The highest BCUT2D eigenvalue weighted by atomic mass is 16.5. The van der Waals surface area contributed by atoms with E-state index in [-0.39, 0.29) is 12.4 Å². The Morgan fingerprint density at radius 3 is 2.66 bits per heavy atom. The van der Waals surface area contributed by atoms with Crippen molar-refractivity contribution in [1.29, 1.82) is 0 Å². The first-order valence-electron chi connectivity index (χ1n) is 12.3. The molecule has 3 aromatic carbocycles. The number of ether oxygens (including phenoxy) is 2. The first-order chi connectivity index (χ1) is 17.1. The van der Waals surface area contributed by atoms with Gasteiger partial charge >= 0.3 is 5.97 Å². The lowest BCUT2D eigenvalue weighted by atomic mass is 9.96. The number of esters is 1. The average Bonchev–Trinajstić information content (AvgIpc) is 3.60. The molecule has 0 atom stereocenters. The van der Waals surface area contributed by atoms with Crippen molar-refractivity contribution < 1.29 is 18.7 Å². The SMILES string of the molecule is CCOC(=O)Cc1ccccc1OCc1coc2c(CC3CC3)cc(-c3cccc(CN)c3)cc12. The van der Waals surface area contributed by atoms with Gasteiger partial charge in [0, 0.05) is 23.1 Å². The van der Waals surface area contributed by atoms with Gasteiger partial charge in [0.25, 0.3) is 0 Å². The summed E-state index contributed by atoms with van der Waals surface area (Å²) in [6.07, 6.45) is 5.57. The Balaban J connectivity index is 1.46. The molecule has 1 aliphatic carbocycles. The number of fused-ring (bicyclic) bond motifs is 1. The standard InChI is InChI=1S/C30H31NO4/c1-2-33-29(32)16-23-7-3-4-9-28(23)34-18-26-19-35-30-25(12-20-10-11-20)14-24(15-27(26)30)22-8-5-6-21(13-22)17-31/h3-9,13-15,19-20H,2,10-12,16-18,31H2,1H3. The first kappa shape index (κ1) is 23.2. The fourth-order valence-electron chi connectivity index (χ4n) is 4.51. The van der Waals surface area contributed by atoms with Crippen LogP contribution in [0.4, 0.5) is 0 Å². The molecule has 5 heteroatoms. The van der Waals surface area contributed by atoms with Crippen LogP contribution < -0.4 is 10.5 Å². The van der Waals surface area contributed by atoms with E-state index < -0.39 is 0 Å². The van der Waals surface area contributed by atoms with Crippen LogP contribution in [0.5, 0.6) is 5.75 Å². The van der Waals surface area contributed by atoms with Crippen molar-refractivity contribution >= 4 is 16.9 Å². The molecule has 0 bridgehead atoms. The van der Waals surface area contributed by atoms with Crippen LogP contribution in [0.15, 0.2) is 71.3 Å². The van der Waals surface area contributed by atoms with E-state index in [1.165, 1.54) is 18.4 Å². The van der Waals surface area contributed by atoms with E-state index >= 15 is 0 Å². The number of carbonyl (C=O) groups excluding carboxylic acids is 1. The normalized spacial score (nSPS) is 13.2. The van der Waals surface area contributed by atoms with E-state index in [2.05, 4.69) is 36.4 Å². The number of benzene rings is 3. The highest BCUT2D eigenvalue weighted by Gasteiger charge is 2.24. The van der Waals surface area contributed by atoms with E-state index in [1.54, 1.807) is 6.26 Å². The van der Waals surface area contributed by atoms with Gasteiger partial charge < -0.3 is 19.6 Å². The first-order valence-corrected chi connectivity index (χ1v) is 12.3. The van der Waals surface area contributed by atoms with Gasteiger partial charge in [0.1, 0.15) is 17.9 Å². The summed E-state index contributed by atoms with van der Waals surface area (Å²) in [6, 6.07) is 20.4. The minimum Gasteiger partial charge on any atom is -0.488 e. The summed E-state index contributed by atoms with van der Waals surface area (Å²) < 4.78 is 17.4. The number of para-hydroxylation sites is 1. The van der Waals surface area contributed by atoms with Gasteiger partial charge in [-0.25, -0.2) is 0 Å². The van der Waals surface area contributed by atoms with E-state index in [0.717, 1.165) is 51.1 Å². The Morgan fingerprint density at radius 1 is 1.00 bits per heavy atom. The van der Waals surface area contributed by atoms with E-state index in [1.807, 2.05) is 31.2 Å². The topological polar surface area (TPSA) is 74.7 Å². The summed E-state index contributed by atoms with van der Waals surface area (Å²) in [7, 11) is 0. The Morgan fingerprint density at radius 2 is 1.86 bits per heavy atom. The van der Waals surface area contributed by atoms with Crippen molar-refractivity contribution in [2.45, 2.75) is 45.8 Å². The number of nitrogens with two attached hydrogens (primary N) is 1. The molecular weight excluding hydrogens is 438 g/mol. The fourth-order valence-corrected chi connectivity index (χ4v) is 4.51. The van der Waals surface area contributed by atoms with Crippen LogP contribution in [0.2, 0.25) is 0 Å². The predicted octanol–water partition coefficient (Wildman–Crippen LogP) is 6.20. The van der Waals surface area contributed by atoms with Crippen molar-refractivity contribution in [3.63, 3.8) is 0 Å². The number of furan rings is 1. The second kappa shape index (κ2) is 10.4. The van der Waals surface area contributed by atoms with Crippen LogP contribution in [0.3, 0.4) is 0 Å². The zero-order chi connectivity index (χ0) is 24.2. The van der Waals surface area contributed by atoms with Crippen LogP contribution in [0.25, 0.3) is 22.1 Å². The van der Waals surface area contributed by atoms with Crippen molar-refractivity contribution in [3.8, 4) is 16.9 Å². The largest absolute Gasteiger partial charge is 0.488 e. The molecule has 180 valence electrons. The summed E-state index contributed by atoms with van der Waals surface area (Å²) in [5.74, 6) is 1.16. The summed E-state index contributed by atoms with van der Waals surface area (Å²) >= 11 is 0. The van der Waals surface area contributed by atoms with Crippen molar-refractivity contribution in [2.24, 2.45) is 11.7 Å². The zero-order valence-corrected chi connectivity index (χ0v) is 20.1. The van der Waals surface area contributed by atoms with Gasteiger partial charge in [0.05, 0.1) is 19.3 Å². The van der Waals surface area contributed by atoms with Gasteiger partial charge in [-0.2, -0.15) is 0 Å². The molecule has 1 fully saturated rings. The Hall–Kier alpha value is -3.57. The lowest BCUT2D eigenvalue weighted by Gasteiger charge is -2.12. The van der Waals surface area contributed by atoms with Gasteiger partial charge in [-0.15, -0.1) is 0 Å². The summed E-state index contributed by atoms with van der Waals surface area (Å²) in [4.78, 5) is 12.0. The molecule has 1 saturated carbocycles. The number of carbonyl (C=O) groups is 1. The molecule has 1 heterocycles. The second-order valence-corrected chi connectivity index (χ2v) is 9.20.